The van der Waals surface area contributed by atoms with Crippen LogP contribution in [0.25, 0.3) is 22.7 Å². The van der Waals surface area contributed by atoms with Gasteiger partial charge in [0.25, 0.3) is 0 Å². The first kappa shape index (κ1) is 17.0. The third kappa shape index (κ3) is 3.59. The second-order valence-corrected chi connectivity index (χ2v) is 6.71. The van der Waals surface area contributed by atoms with Crippen molar-refractivity contribution in [2.75, 3.05) is 0 Å². The molecule has 0 radical (unpaired) electrons. The fourth-order valence-electron chi connectivity index (χ4n) is 2.83. The van der Waals surface area contributed by atoms with Crippen molar-refractivity contribution in [3.05, 3.63) is 76.5 Å². The van der Waals surface area contributed by atoms with Gasteiger partial charge in [0.05, 0.1) is 27.8 Å². The Labute approximate surface area is 160 Å². The van der Waals surface area contributed by atoms with E-state index in [4.69, 9.17) is 4.74 Å². The molecule has 4 aromatic rings. The summed E-state index contributed by atoms with van der Waals surface area (Å²) in [5, 5.41) is 11.6. The summed E-state index contributed by atoms with van der Waals surface area (Å²) in [5.74, 6) is 1.42. The van der Waals surface area contributed by atoms with Crippen LogP contribution in [0.4, 0.5) is 0 Å². The molecule has 0 aliphatic carbocycles. The van der Waals surface area contributed by atoms with Crippen LogP contribution in [0.1, 0.15) is 17.1 Å². The van der Waals surface area contributed by atoms with E-state index in [1.807, 2.05) is 71.6 Å². The van der Waals surface area contributed by atoms with Crippen LogP contribution in [0.2, 0.25) is 0 Å². The Bertz CT molecular complexity index is 1140. The number of hydrogen-bond donors (Lipinski definition) is 0. The van der Waals surface area contributed by atoms with Crippen molar-refractivity contribution >= 4 is 34.0 Å². The maximum absolute atomic E-state index is 9.63. The molecule has 0 N–H and O–H groups in total. The van der Waals surface area contributed by atoms with Gasteiger partial charge in [-0.05, 0) is 35.9 Å². The van der Waals surface area contributed by atoms with Gasteiger partial charge >= 0.3 is 0 Å². The van der Waals surface area contributed by atoms with E-state index in [1.54, 1.807) is 16.8 Å². The fraction of sp³-hybridized carbons (Fsp3) is 0.0952. The maximum Gasteiger partial charge on any atom is 0.151 e. The van der Waals surface area contributed by atoms with Crippen LogP contribution in [0.3, 0.4) is 0 Å². The van der Waals surface area contributed by atoms with Crippen LogP contribution in [0, 0.1) is 11.3 Å². The lowest BCUT2D eigenvalue weighted by atomic mass is 10.1. The van der Waals surface area contributed by atoms with E-state index >= 15 is 0 Å². The molecule has 6 heteroatoms. The van der Waals surface area contributed by atoms with Crippen LogP contribution in [-0.2, 0) is 13.7 Å². The molecule has 0 aliphatic rings. The average molecular weight is 372 g/mol. The number of aryl methyl sites for hydroxylation is 1. The first-order valence-corrected chi connectivity index (χ1v) is 9.32. The molecule has 0 amide bonds. The van der Waals surface area contributed by atoms with Gasteiger partial charge in [-0.1, -0.05) is 24.3 Å². The van der Waals surface area contributed by atoms with Gasteiger partial charge in [0.2, 0.25) is 0 Å². The summed E-state index contributed by atoms with van der Waals surface area (Å²) in [7, 11) is 1.92. The van der Waals surface area contributed by atoms with Crippen molar-refractivity contribution in [1.82, 2.24) is 14.5 Å². The number of allylic oxidation sites excluding steroid dienone is 1. The van der Waals surface area contributed by atoms with Crippen molar-refractivity contribution in [3.63, 3.8) is 0 Å². The number of para-hydroxylation sites is 2. The first-order valence-electron chi connectivity index (χ1n) is 8.38. The number of rotatable bonds is 5. The monoisotopic (exact) mass is 372 g/mol. The van der Waals surface area contributed by atoms with Crippen molar-refractivity contribution < 1.29 is 4.74 Å². The lowest BCUT2D eigenvalue weighted by Gasteiger charge is -2.05. The molecule has 0 saturated carbocycles. The highest BCUT2D eigenvalue weighted by Gasteiger charge is 2.11. The molecule has 0 atom stereocenters. The molecule has 0 bridgehead atoms. The van der Waals surface area contributed by atoms with Gasteiger partial charge in [-0.25, -0.2) is 9.97 Å². The number of fused-ring (bicyclic) bond motifs is 1. The highest BCUT2D eigenvalue weighted by molar-refractivity contribution is 7.07. The quantitative estimate of drug-likeness (QED) is 0.478. The zero-order valence-electron chi connectivity index (χ0n) is 14.7. The van der Waals surface area contributed by atoms with E-state index in [9.17, 15) is 5.26 Å². The lowest BCUT2D eigenvalue weighted by Crippen LogP contribution is -1.96. The molecule has 2 heterocycles. The number of benzene rings is 2. The van der Waals surface area contributed by atoms with Gasteiger partial charge < -0.3 is 9.30 Å². The summed E-state index contributed by atoms with van der Waals surface area (Å²) in [6, 6.07) is 17.8. The zero-order chi connectivity index (χ0) is 18.6. The van der Waals surface area contributed by atoms with Crippen LogP contribution < -0.4 is 4.74 Å². The summed E-state index contributed by atoms with van der Waals surface area (Å²) in [6.45, 7) is 0.446. The molecule has 0 aliphatic heterocycles. The molecule has 0 saturated heterocycles. The Kier molecular flexibility index (Phi) is 4.69. The topological polar surface area (TPSA) is 63.7 Å². The molecule has 4 rings (SSSR count). The predicted molar refractivity (Wildman–Crippen MR) is 107 cm³/mol. The first-order chi connectivity index (χ1) is 13.2. The second kappa shape index (κ2) is 7.44. The Balaban J connectivity index is 1.57. The molecule has 27 heavy (non-hydrogen) atoms. The Morgan fingerprint density at radius 2 is 2.04 bits per heavy atom. The van der Waals surface area contributed by atoms with Gasteiger partial charge in [-0.15, -0.1) is 11.3 Å². The number of nitrogens with zero attached hydrogens (tertiary/aromatic N) is 4. The molecule has 0 spiro atoms. The molecule has 2 aromatic carbocycles. The van der Waals surface area contributed by atoms with E-state index < -0.39 is 0 Å². The molecule has 0 fully saturated rings. The summed E-state index contributed by atoms with van der Waals surface area (Å²) in [6.07, 6.45) is 1.84. The maximum atomic E-state index is 9.63. The Morgan fingerprint density at radius 3 is 2.74 bits per heavy atom. The normalized spacial score (nSPS) is 11.5. The molecule has 0 unspecified atom stereocenters. The van der Waals surface area contributed by atoms with Crippen LogP contribution in [0.5, 0.6) is 5.75 Å². The van der Waals surface area contributed by atoms with E-state index in [-0.39, 0.29) is 0 Å². The second-order valence-electron chi connectivity index (χ2n) is 5.99. The van der Waals surface area contributed by atoms with Gasteiger partial charge in [-0.3, -0.25) is 0 Å². The predicted octanol–water partition coefficient (Wildman–Crippen LogP) is 4.67. The smallest absolute Gasteiger partial charge is 0.151 e. The van der Waals surface area contributed by atoms with Crippen LogP contribution in [-0.4, -0.2) is 14.5 Å². The number of aromatic nitrogens is 3. The van der Waals surface area contributed by atoms with E-state index in [0.717, 1.165) is 28.0 Å². The standard InChI is InChI=1S/C21H16N4OS/c1-25-20-5-3-2-4-19(20)24-21(25)16(11-22)10-15-6-8-18(9-7-15)26-12-17-13-27-14-23-17/h2-10,13-14H,12H2,1H3. The van der Waals surface area contributed by atoms with Crippen molar-refractivity contribution in [2.45, 2.75) is 6.61 Å². The van der Waals surface area contributed by atoms with Crippen molar-refractivity contribution in [1.29, 1.82) is 5.26 Å². The van der Waals surface area contributed by atoms with E-state index in [1.165, 1.54) is 0 Å². The number of ether oxygens (including phenoxy) is 1. The van der Waals surface area contributed by atoms with Gasteiger partial charge in [0, 0.05) is 12.4 Å². The van der Waals surface area contributed by atoms with E-state index in [0.29, 0.717) is 18.0 Å². The molecule has 5 nitrogen and oxygen atoms in total. The highest BCUT2D eigenvalue weighted by atomic mass is 32.1. The van der Waals surface area contributed by atoms with Gasteiger partial charge in [0.15, 0.2) is 5.82 Å². The molecular weight excluding hydrogens is 356 g/mol. The molecule has 132 valence electrons. The van der Waals surface area contributed by atoms with E-state index in [2.05, 4.69) is 16.0 Å². The highest BCUT2D eigenvalue weighted by Crippen LogP contribution is 2.23. The SMILES string of the molecule is Cn1c(C(C#N)=Cc2ccc(OCc3cscn3)cc2)nc2ccccc21. The Hall–Kier alpha value is -3.43. The van der Waals surface area contributed by atoms with Crippen molar-refractivity contribution in [3.8, 4) is 11.8 Å². The minimum absolute atomic E-state index is 0.446. The lowest BCUT2D eigenvalue weighted by molar-refractivity contribution is 0.302. The Morgan fingerprint density at radius 1 is 1.22 bits per heavy atom. The summed E-state index contributed by atoms with van der Waals surface area (Å²) < 4.78 is 7.66. The number of thiazole rings is 1. The van der Waals surface area contributed by atoms with Gasteiger partial charge in [-0.2, -0.15) is 5.26 Å². The number of hydrogen-bond acceptors (Lipinski definition) is 5. The fourth-order valence-corrected chi connectivity index (χ4v) is 3.37. The third-order valence-electron chi connectivity index (χ3n) is 4.21. The summed E-state index contributed by atoms with van der Waals surface area (Å²) in [5.41, 5.74) is 6.01. The molecule has 2 aromatic heterocycles. The van der Waals surface area contributed by atoms with Crippen LogP contribution >= 0.6 is 11.3 Å². The van der Waals surface area contributed by atoms with Crippen molar-refractivity contribution in [2.24, 2.45) is 7.05 Å². The summed E-state index contributed by atoms with van der Waals surface area (Å²) >= 11 is 1.55. The minimum Gasteiger partial charge on any atom is -0.487 e. The average Bonchev–Trinajstić information content (AvgIpc) is 3.34. The third-order valence-corrected chi connectivity index (χ3v) is 4.85. The number of imidazole rings is 1. The molecular formula is C21H16N4OS. The number of nitriles is 1. The summed E-state index contributed by atoms with van der Waals surface area (Å²) in [4.78, 5) is 8.79. The largest absolute Gasteiger partial charge is 0.487 e. The van der Waals surface area contributed by atoms with Crippen LogP contribution in [0.15, 0.2) is 59.4 Å². The zero-order valence-corrected chi connectivity index (χ0v) is 15.5. The minimum atomic E-state index is 0.446. The van der Waals surface area contributed by atoms with Gasteiger partial charge in [0.1, 0.15) is 18.4 Å².